The third-order valence-corrected chi connectivity index (χ3v) is 1.12. The van der Waals surface area contributed by atoms with Gasteiger partial charge in [0.05, 0.1) is 0 Å². The van der Waals surface area contributed by atoms with E-state index in [1.54, 1.807) is 5.01 Å². The maximum absolute atomic E-state index is 10.2. The molecule has 0 aromatic heterocycles. The van der Waals surface area contributed by atoms with Crippen molar-refractivity contribution in [1.29, 1.82) is 0 Å². The number of nitrogens with one attached hydrogen (secondary N) is 1. The Morgan fingerprint density at radius 1 is 1.89 bits per heavy atom. The van der Waals surface area contributed by atoms with E-state index in [0.29, 0.717) is 6.54 Å². The van der Waals surface area contributed by atoms with Crippen molar-refractivity contribution in [3.05, 3.63) is 0 Å². The van der Waals surface area contributed by atoms with Crippen LogP contribution in [0.2, 0.25) is 0 Å². The zero-order valence-corrected chi connectivity index (χ0v) is 5.11. The van der Waals surface area contributed by atoms with Crippen LogP contribution >= 0.6 is 0 Å². The molecular formula is C4H8N4O. The van der Waals surface area contributed by atoms with Crippen molar-refractivity contribution >= 4 is 6.29 Å². The molecule has 50 valence electrons. The lowest BCUT2D eigenvalue weighted by atomic mass is 10.5. The molecule has 0 bridgehead atoms. The van der Waals surface area contributed by atoms with Crippen molar-refractivity contribution in [2.24, 2.45) is 10.4 Å². The van der Waals surface area contributed by atoms with Crippen LogP contribution in [0, 0.1) is 0 Å². The normalized spacial score (nSPS) is 24.1. The summed E-state index contributed by atoms with van der Waals surface area (Å²) in [6, 6.07) is 0. The first-order valence-corrected chi connectivity index (χ1v) is 2.76. The number of hydrogen-bond donors (Lipinski definition) is 1. The van der Waals surface area contributed by atoms with Crippen LogP contribution in [0.15, 0.2) is 10.4 Å². The number of hydrogen-bond acceptors (Lipinski definition) is 5. The van der Waals surface area contributed by atoms with E-state index in [4.69, 9.17) is 0 Å². The fraction of sp³-hybridized carbons (Fsp3) is 0.750. The Labute approximate surface area is 52.7 Å². The van der Waals surface area contributed by atoms with Gasteiger partial charge in [0, 0.05) is 6.54 Å². The van der Waals surface area contributed by atoms with Crippen molar-refractivity contribution in [1.82, 2.24) is 10.4 Å². The Morgan fingerprint density at radius 2 is 2.67 bits per heavy atom. The second kappa shape index (κ2) is 2.43. The van der Waals surface area contributed by atoms with E-state index in [1.165, 1.54) is 0 Å². The SMILES string of the molecule is CCN1N=NNC1C=O. The fourth-order valence-electron chi connectivity index (χ4n) is 0.625. The highest BCUT2D eigenvalue weighted by Gasteiger charge is 2.17. The molecule has 0 aromatic rings. The van der Waals surface area contributed by atoms with Crippen molar-refractivity contribution < 1.29 is 4.79 Å². The van der Waals surface area contributed by atoms with Gasteiger partial charge in [0.15, 0.2) is 12.5 Å². The number of carbonyl (C=O) groups is 1. The zero-order valence-electron chi connectivity index (χ0n) is 5.11. The molecule has 9 heavy (non-hydrogen) atoms. The van der Waals surface area contributed by atoms with Crippen LogP contribution in [0.3, 0.4) is 0 Å². The minimum absolute atomic E-state index is 0.352. The predicted molar refractivity (Wildman–Crippen MR) is 30.2 cm³/mol. The van der Waals surface area contributed by atoms with E-state index in [0.717, 1.165) is 6.29 Å². The van der Waals surface area contributed by atoms with Gasteiger partial charge in [-0.1, -0.05) is 10.4 Å². The van der Waals surface area contributed by atoms with E-state index >= 15 is 0 Å². The first-order valence-electron chi connectivity index (χ1n) is 2.76. The largest absolute Gasteiger partial charge is 0.299 e. The molecule has 0 amide bonds. The molecule has 1 N–H and O–H groups in total. The van der Waals surface area contributed by atoms with Gasteiger partial charge in [0.25, 0.3) is 0 Å². The summed E-state index contributed by atoms with van der Waals surface area (Å²) in [5, 5.41) is 8.64. The molecule has 1 aliphatic heterocycles. The van der Waals surface area contributed by atoms with Gasteiger partial charge in [-0.3, -0.25) is 10.2 Å². The summed E-state index contributed by atoms with van der Waals surface area (Å²) in [6.45, 7) is 2.60. The van der Waals surface area contributed by atoms with Gasteiger partial charge in [0.2, 0.25) is 0 Å². The van der Waals surface area contributed by atoms with E-state index in [1.807, 2.05) is 6.92 Å². The van der Waals surface area contributed by atoms with Gasteiger partial charge in [0.1, 0.15) is 0 Å². The van der Waals surface area contributed by atoms with Gasteiger partial charge in [-0.05, 0) is 6.92 Å². The molecule has 1 rings (SSSR count). The van der Waals surface area contributed by atoms with E-state index in [2.05, 4.69) is 15.9 Å². The van der Waals surface area contributed by atoms with Crippen LogP contribution in [0.25, 0.3) is 0 Å². The predicted octanol–water partition coefficient (Wildman–Crippen LogP) is -0.281. The Morgan fingerprint density at radius 3 is 3.11 bits per heavy atom. The van der Waals surface area contributed by atoms with Gasteiger partial charge in [-0.15, -0.1) is 0 Å². The number of likely N-dealkylation sites (N-methyl/N-ethyl adjacent to an activating group) is 1. The maximum Gasteiger partial charge on any atom is 0.190 e. The van der Waals surface area contributed by atoms with Crippen molar-refractivity contribution in [3.63, 3.8) is 0 Å². The average Bonchev–Trinajstić information content (AvgIpc) is 2.33. The molecule has 0 aliphatic carbocycles. The van der Waals surface area contributed by atoms with Crippen LogP contribution < -0.4 is 5.43 Å². The van der Waals surface area contributed by atoms with Gasteiger partial charge >= 0.3 is 0 Å². The average molecular weight is 128 g/mol. The molecule has 0 spiro atoms. The number of rotatable bonds is 2. The summed E-state index contributed by atoms with van der Waals surface area (Å²) in [5.41, 5.74) is 2.52. The topological polar surface area (TPSA) is 57.1 Å². The van der Waals surface area contributed by atoms with Gasteiger partial charge < -0.3 is 0 Å². The fourth-order valence-corrected chi connectivity index (χ4v) is 0.625. The first kappa shape index (κ1) is 6.00. The molecule has 0 saturated carbocycles. The second-order valence-electron chi connectivity index (χ2n) is 1.66. The van der Waals surface area contributed by atoms with E-state index < -0.39 is 0 Å². The van der Waals surface area contributed by atoms with Crippen molar-refractivity contribution in [2.45, 2.75) is 13.1 Å². The molecule has 5 heteroatoms. The first-order chi connectivity index (χ1) is 4.38. The summed E-state index contributed by atoms with van der Waals surface area (Å²) in [5.74, 6) is 0. The highest BCUT2D eigenvalue weighted by atomic mass is 16.1. The van der Waals surface area contributed by atoms with E-state index in [-0.39, 0.29) is 6.17 Å². The number of nitrogens with zero attached hydrogens (tertiary/aromatic N) is 3. The minimum atomic E-state index is -0.352. The lowest BCUT2D eigenvalue weighted by molar-refractivity contribution is -0.112. The summed E-state index contributed by atoms with van der Waals surface area (Å²) in [4.78, 5) is 10.2. The van der Waals surface area contributed by atoms with Crippen LogP contribution in [0.1, 0.15) is 6.92 Å². The molecule has 1 heterocycles. The zero-order chi connectivity index (χ0) is 6.69. The molecule has 1 aliphatic rings. The minimum Gasteiger partial charge on any atom is -0.299 e. The van der Waals surface area contributed by atoms with Crippen LogP contribution in [0.4, 0.5) is 0 Å². The monoisotopic (exact) mass is 128 g/mol. The molecule has 0 saturated heterocycles. The Balaban J connectivity index is 2.48. The number of aldehydes is 1. The second-order valence-corrected chi connectivity index (χ2v) is 1.66. The highest BCUT2D eigenvalue weighted by molar-refractivity contribution is 5.56. The highest BCUT2D eigenvalue weighted by Crippen LogP contribution is 2.00. The lowest BCUT2D eigenvalue weighted by Crippen LogP contribution is -2.36. The molecule has 0 aromatic carbocycles. The standard InChI is InChI=1S/C4H8N4O/c1-2-8-4(3-9)5-6-7-8/h3-4H,2H2,1H3,(H,5,7). The molecule has 5 nitrogen and oxygen atoms in total. The van der Waals surface area contributed by atoms with E-state index in [9.17, 15) is 4.79 Å². The van der Waals surface area contributed by atoms with Crippen molar-refractivity contribution in [3.8, 4) is 0 Å². The number of carbonyl (C=O) groups excluding carboxylic acids is 1. The summed E-state index contributed by atoms with van der Waals surface area (Å²) >= 11 is 0. The molecule has 0 radical (unpaired) electrons. The van der Waals surface area contributed by atoms with Crippen LogP contribution in [-0.2, 0) is 4.79 Å². The van der Waals surface area contributed by atoms with Gasteiger partial charge in [-0.25, -0.2) is 5.01 Å². The smallest absolute Gasteiger partial charge is 0.190 e. The quantitative estimate of drug-likeness (QED) is 0.520. The molecule has 1 atom stereocenters. The summed E-state index contributed by atoms with van der Waals surface area (Å²) in [6.07, 6.45) is 0.416. The van der Waals surface area contributed by atoms with Crippen LogP contribution in [0.5, 0.6) is 0 Å². The van der Waals surface area contributed by atoms with Gasteiger partial charge in [-0.2, -0.15) is 0 Å². The molecule has 1 unspecified atom stereocenters. The Bertz CT molecular complexity index is 135. The Kier molecular flexibility index (Phi) is 1.62. The molecule has 0 fully saturated rings. The van der Waals surface area contributed by atoms with Crippen molar-refractivity contribution in [2.75, 3.05) is 6.54 Å². The summed E-state index contributed by atoms with van der Waals surface area (Å²) in [7, 11) is 0. The third kappa shape index (κ3) is 0.984. The Hall–Kier alpha value is -1.13. The summed E-state index contributed by atoms with van der Waals surface area (Å²) < 4.78 is 0. The van der Waals surface area contributed by atoms with Crippen LogP contribution in [-0.4, -0.2) is 24.0 Å². The third-order valence-electron chi connectivity index (χ3n) is 1.12. The molecular weight excluding hydrogens is 120 g/mol. The lowest BCUT2D eigenvalue weighted by Gasteiger charge is -2.12. The maximum atomic E-state index is 10.2.